The Morgan fingerprint density at radius 2 is 2.07 bits per heavy atom. The molecule has 1 amide bonds. The monoisotopic (exact) mass is 365 g/mol. The minimum absolute atomic E-state index is 0.00479. The Morgan fingerprint density at radius 3 is 2.89 bits per heavy atom. The maximum absolute atomic E-state index is 12.5. The van der Waals surface area contributed by atoms with Crippen LogP contribution in [0.3, 0.4) is 0 Å². The van der Waals surface area contributed by atoms with E-state index in [-0.39, 0.29) is 18.4 Å². The van der Waals surface area contributed by atoms with E-state index in [1.54, 1.807) is 6.20 Å². The lowest BCUT2D eigenvalue weighted by Gasteiger charge is -2.16. The minimum Gasteiger partial charge on any atom is -0.484 e. The Balaban J connectivity index is 1.45. The molecular formula is C20H23N5O2. The number of para-hydroxylation sites is 1. The number of benzene rings is 1. The zero-order chi connectivity index (χ0) is 18.6. The molecule has 0 unspecified atom stereocenters. The number of fused-ring (bicyclic) bond motifs is 1. The molecule has 27 heavy (non-hydrogen) atoms. The Bertz CT molecular complexity index is 925. The van der Waals surface area contributed by atoms with Crippen LogP contribution in [0.2, 0.25) is 0 Å². The average Bonchev–Trinajstić information content (AvgIpc) is 3.33. The molecular weight excluding hydrogens is 342 g/mol. The van der Waals surface area contributed by atoms with Gasteiger partial charge in [0.2, 0.25) is 0 Å². The first-order valence-corrected chi connectivity index (χ1v) is 9.23. The minimum atomic E-state index is 0.00479. The summed E-state index contributed by atoms with van der Waals surface area (Å²) < 4.78 is 7.46. The first-order valence-electron chi connectivity index (χ1n) is 9.23. The molecule has 1 fully saturated rings. The lowest BCUT2D eigenvalue weighted by molar-refractivity contribution is -0.132. The predicted molar refractivity (Wildman–Crippen MR) is 102 cm³/mol. The number of nitrogens with two attached hydrogens (primary N) is 1. The summed E-state index contributed by atoms with van der Waals surface area (Å²) >= 11 is 0. The third kappa shape index (κ3) is 3.64. The fourth-order valence-electron chi connectivity index (χ4n) is 3.58. The molecule has 0 bridgehead atoms. The van der Waals surface area contributed by atoms with Crippen LogP contribution in [-0.2, 0) is 11.3 Å². The van der Waals surface area contributed by atoms with Gasteiger partial charge in [-0.3, -0.25) is 4.79 Å². The van der Waals surface area contributed by atoms with E-state index in [9.17, 15) is 4.79 Å². The van der Waals surface area contributed by atoms with E-state index in [4.69, 9.17) is 15.6 Å². The predicted octanol–water partition coefficient (Wildman–Crippen LogP) is 1.78. The van der Waals surface area contributed by atoms with Crippen molar-refractivity contribution in [2.75, 3.05) is 26.2 Å². The van der Waals surface area contributed by atoms with E-state index < -0.39 is 0 Å². The third-order valence-corrected chi connectivity index (χ3v) is 4.91. The van der Waals surface area contributed by atoms with Gasteiger partial charge in [-0.2, -0.15) is 5.10 Å². The van der Waals surface area contributed by atoms with Gasteiger partial charge in [-0.05, 0) is 30.7 Å². The van der Waals surface area contributed by atoms with Crippen LogP contribution < -0.4 is 10.5 Å². The van der Waals surface area contributed by atoms with E-state index in [2.05, 4.69) is 4.98 Å². The molecule has 1 aromatic carbocycles. The number of likely N-dealkylation sites (tertiary alicyclic amines) is 1. The lowest BCUT2D eigenvalue weighted by atomic mass is 10.0. The molecule has 4 rings (SSSR count). The van der Waals surface area contributed by atoms with E-state index in [1.165, 1.54) is 0 Å². The normalized spacial score (nSPS) is 16.8. The molecule has 140 valence electrons. The van der Waals surface area contributed by atoms with Crippen molar-refractivity contribution in [1.82, 2.24) is 19.7 Å². The lowest BCUT2D eigenvalue weighted by Crippen LogP contribution is -2.32. The molecule has 0 saturated carbocycles. The molecule has 0 radical (unpaired) electrons. The number of nitrogens with zero attached hydrogens (tertiary/aromatic N) is 4. The molecule has 1 aliphatic heterocycles. The standard InChI is InChI=1S/C20H23N5O2/c21-9-12-25-20-17(7-4-10-22-20)19(23-25)15-8-11-24(13-15)18(26)14-27-16-5-2-1-3-6-16/h1-7,10,15H,8-9,11-14,21H2/t15-/m1/s1. The number of hydrogen-bond donors (Lipinski definition) is 1. The van der Waals surface area contributed by atoms with Crippen LogP contribution in [0.25, 0.3) is 11.0 Å². The van der Waals surface area contributed by atoms with Crippen LogP contribution in [0.5, 0.6) is 5.75 Å². The first kappa shape index (κ1) is 17.5. The summed E-state index contributed by atoms with van der Waals surface area (Å²) in [6.45, 7) is 2.57. The number of hydrogen-bond acceptors (Lipinski definition) is 5. The number of amides is 1. The largest absolute Gasteiger partial charge is 0.484 e. The van der Waals surface area contributed by atoms with Gasteiger partial charge in [0, 0.05) is 37.1 Å². The van der Waals surface area contributed by atoms with Crippen molar-refractivity contribution in [3.63, 3.8) is 0 Å². The fraction of sp³-hybridized carbons (Fsp3) is 0.350. The van der Waals surface area contributed by atoms with Gasteiger partial charge >= 0.3 is 0 Å². The van der Waals surface area contributed by atoms with Crippen molar-refractivity contribution in [3.05, 3.63) is 54.4 Å². The van der Waals surface area contributed by atoms with Gasteiger partial charge in [-0.15, -0.1) is 0 Å². The summed E-state index contributed by atoms with van der Waals surface area (Å²) in [5, 5.41) is 5.80. The molecule has 1 saturated heterocycles. The van der Waals surface area contributed by atoms with E-state index >= 15 is 0 Å². The molecule has 1 atom stereocenters. The fourth-order valence-corrected chi connectivity index (χ4v) is 3.58. The van der Waals surface area contributed by atoms with Crippen LogP contribution in [0.1, 0.15) is 18.0 Å². The quantitative estimate of drug-likeness (QED) is 0.720. The second-order valence-electron chi connectivity index (χ2n) is 6.70. The second kappa shape index (κ2) is 7.75. The molecule has 7 nitrogen and oxygen atoms in total. The van der Waals surface area contributed by atoms with Gasteiger partial charge in [0.25, 0.3) is 5.91 Å². The summed E-state index contributed by atoms with van der Waals surface area (Å²) in [7, 11) is 0. The van der Waals surface area contributed by atoms with Gasteiger partial charge in [-0.25, -0.2) is 9.67 Å². The Hall–Kier alpha value is -2.93. The molecule has 0 spiro atoms. The smallest absolute Gasteiger partial charge is 0.260 e. The van der Waals surface area contributed by atoms with Crippen LogP contribution in [0.15, 0.2) is 48.7 Å². The van der Waals surface area contributed by atoms with Gasteiger partial charge < -0.3 is 15.4 Å². The van der Waals surface area contributed by atoms with E-state index in [0.717, 1.165) is 23.1 Å². The highest BCUT2D eigenvalue weighted by atomic mass is 16.5. The van der Waals surface area contributed by atoms with Crippen molar-refractivity contribution in [2.45, 2.75) is 18.9 Å². The molecule has 7 heteroatoms. The number of ether oxygens (including phenoxy) is 1. The first-order chi connectivity index (χ1) is 13.3. The van der Waals surface area contributed by atoms with Crippen LogP contribution in [0, 0.1) is 0 Å². The number of pyridine rings is 1. The Kier molecular flexibility index (Phi) is 5.02. The number of aromatic nitrogens is 3. The van der Waals surface area contributed by atoms with Crippen LogP contribution in [0.4, 0.5) is 0 Å². The van der Waals surface area contributed by atoms with Gasteiger partial charge in [0.05, 0.1) is 12.2 Å². The highest BCUT2D eigenvalue weighted by Crippen LogP contribution is 2.31. The van der Waals surface area contributed by atoms with Gasteiger partial charge in [-0.1, -0.05) is 18.2 Å². The second-order valence-corrected chi connectivity index (χ2v) is 6.70. The third-order valence-electron chi connectivity index (χ3n) is 4.91. The number of carbonyl (C=O) groups is 1. The highest BCUT2D eigenvalue weighted by Gasteiger charge is 2.30. The zero-order valence-corrected chi connectivity index (χ0v) is 15.1. The SMILES string of the molecule is NCCn1nc([C@@H]2CCN(C(=O)COc3ccccc3)C2)c2cccnc21. The molecule has 0 aliphatic carbocycles. The van der Waals surface area contributed by atoms with Gasteiger partial charge in [0.1, 0.15) is 5.75 Å². The summed E-state index contributed by atoms with van der Waals surface area (Å²) in [5.74, 6) is 0.917. The van der Waals surface area contributed by atoms with Crippen molar-refractivity contribution in [3.8, 4) is 5.75 Å². The van der Waals surface area contributed by atoms with Crippen molar-refractivity contribution in [2.24, 2.45) is 5.73 Å². The molecule has 3 heterocycles. The number of carbonyl (C=O) groups excluding carboxylic acids is 1. The van der Waals surface area contributed by atoms with E-state index in [1.807, 2.05) is 52.0 Å². The average molecular weight is 365 g/mol. The molecule has 2 aromatic heterocycles. The molecule has 3 aromatic rings. The van der Waals surface area contributed by atoms with Crippen molar-refractivity contribution < 1.29 is 9.53 Å². The topological polar surface area (TPSA) is 86.3 Å². The molecule has 1 aliphatic rings. The molecule has 2 N–H and O–H groups in total. The van der Waals surface area contributed by atoms with Crippen molar-refractivity contribution in [1.29, 1.82) is 0 Å². The van der Waals surface area contributed by atoms with Gasteiger partial charge in [0.15, 0.2) is 12.3 Å². The maximum atomic E-state index is 12.5. The zero-order valence-electron chi connectivity index (χ0n) is 15.1. The summed E-state index contributed by atoms with van der Waals surface area (Å²) in [4.78, 5) is 18.8. The summed E-state index contributed by atoms with van der Waals surface area (Å²) in [6, 6.07) is 13.4. The summed E-state index contributed by atoms with van der Waals surface area (Å²) in [6.07, 6.45) is 2.66. The Morgan fingerprint density at radius 1 is 1.22 bits per heavy atom. The Labute approximate surface area is 157 Å². The van der Waals surface area contributed by atoms with E-state index in [0.29, 0.717) is 31.9 Å². The van der Waals surface area contributed by atoms with Crippen LogP contribution >= 0.6 is 0 Å². The van der Waals surface area contributed by atoms with Crippen molar-refractivity contribution >= 4 is 16.9 Å². The summed E-state index contributed by atoms with van der Waals surface area (Å²) in [5.41, 5.74) is 7.56. The number of rotatable bonds is 6. The maximum Gasteiger partial charge on any atom is 0.260 e. The van der Waals surface area contributed by atoms with Crippen LogP contribution in [-0.4, -0.2) is 51.8 Å². The highest BCUT2D eigenvalue weighted by molar-refractivity contribution is 5.80.